The summed E-state index contributed by atoms with van der Waals surface area (Å²) in [5.41, 5.74) is 0.821. The molecule has 2 heteroatoms. The minimum atomic E-state index is 0.315. The first-order valence-electron chi connectivity index (χ1n) is 7.39. The van der Waals surface area contributed by atoms with Gasteiger partial charge in [-0.1, -0.05) is 32.9 Å². The van der Waals surface area contributed by atoms with Crippen molar-refractivity contribution >= 4 is 6.21 Å². The van der Waals surface area contributed by atoms with Crippen molar-refractivity contribution in [2.75, 3.05) is 0 Å². The fourth-order valence-electron chi connectivity index (χ4n) is 2.92. The van der Waals surface area contributed by atoms with E-state index in [1.165, 1.54) is 19.3 Å². The molecule has 0 radical (unpaired) electrons. The van der Waals surface area contributed by atoms with E-state index in [4.69, 9.17) is 4.99 Å². The third-order valence-electron chi connectivity index (χ3n) is 4.48. The first kappa shape index (κ1) is 14.1. The van der Waals surface area contributed by atoms with Crippen LogP contribution in [0, 0.1) is 17.8 Å². The van der Waals surface area contributed by atoms with Crippen molar-refractivity contribution in [3.8, 4) is 5.75 Å². The van der Waals surface area contributed by atoms with E-state index >= 15 is 0 Å². The fourth-order valence-corrected chi connectivity index (χ4v) is 2.92. The standard InChI is InChI=1S/C17H25NO/c1-12(2)14-9-8-13(3)16(10-14)18-11-15-6-4-5-7-17(15)19/h4-7,11-14,16,19H,8-10H2,1-3H3/t13-,14+,16+/m0/s1. The molecule has 1 saturated carbocycles. The Labute approximate surface area is 116 Å². The second kappa shape index (κ2) is 6.23. The molecule has 2 rings (SSSR count). The predicted octanol–water partition coefficient (Wildman–Crippen LogP) is 4.27. The summed E-state index contributed by atoms with van der Waals surface area (Å²) in [6.07, 6.45) is 5.63. The topological polar surface area (TPSA) is 32.6 Å². The van der Waals surface area contributed by atoms with Gasteiger partial charge in [0, 0.05) is 11.8 Å². The molecular weight excluding hydrogens is 234 g/mol. The first-order chi connectivity index (χ1) is 9.08. The van der Waals surface area contributed by atoms with Gasteiger partial charge in [0.15, 0.2) is 0 Å². The van der Waals surface area contributed by atoms with Gasteiger partial charge >= 0.3 is 0 Å². The monoisotopic (exact) mass is 259 g/mol. The molecule has 1 aromatic carbocycles. The number of phenolic OH excluding ortho intramolecular Hbond substituents is 1. The average molecular weight is 259 g/mol. The summed E-state index contributed by atoms with van der Waals surface area (Å²) in [6, 6.07) is 7.79. The van der Waals surface area contributed by atoms with Crippen molar-refractivity contribution in [2.24, 2.45) is 22.7 Å². The maximum atomic E-state index is 9.75. The van der Waals surface area contributed by atoms with Gasteiger partial charge in [0.1, 0.15) is 5.75 Å². The van der Waals surface area contributed by atoms with Crippen LogP contribution in [-0.4, -0.2) is 17.4 Å². The number of para-hydroxylation sites is 1. The summed E-state index contributed by atoms with van der Waals surface area (Å²) in [5.74, 6) is 2.50. The Balaban J connectivity index is 2.06. The third-order valence-corrected chi connectivity index (χ3v) is 4.48. The predicted molar refractivity (Wildman–Crippen MR) is 80.8 cm³/mol. The van der Waals surface area contributed by atoms with Crippen LogP contribution in [0.15, 0.2) is 29.3 Å². The number of aromatic hydroxyl groups is 1. The Hall–Kier alpha value is -1.31. The molecule has 3 atom stereocenters. The lowest BCUT2D eigenvalue weighted by molar-refractivity contribution is 0.208. The molecule has 104 valence electrons. The Morgan fingerprint density at radius 1 is 1.26 bits per heavy atom. The molecule has 2 nitrogen and oxygen atoms in total. The molecule has 0 heterocycles. The van der Waals surface area contributed by atoms with Gasteiger partial charge in [-0.15, -0.1) is 0 Å². The number of rotatable bonds is 3. The van der Waals surface area contributed by atoms with Gasteiger partial charge in [-0.05, 0) is 49.1 Å². The Morgan fingerprint density at radius 3 is 2.68 bits per heavy atom. The van der Waals surface area contributed by atoms with E-state index in [9.17, 15) is 5.11 Å². The Kier molecular flexibility index (Phi) is 4.62. The quantitative estimate of drug-likeness (QED) is 0.808. The van der Waals surface area contributed by atoms with Gasteiger partial charge < -0.3 is 5.11 Å². The van der Waals surface area contributed by atoms with Gasteiger partial charge in [0.05, 0.1) is 6.04 Å². The van der Waals surface area contributed by atoms with E-state index < -0.39 is 0 Å². The number of hydrogen-bond donors (Lipinski definition) is 1. The van der Waals surface area contributed by atoms with Crippen LogP contribution in [0.4, 0.5) is 0 Å². The van der Waals surface area contributed by atoms with Gasteiger partial charge in [-0.3, -0.25) is 4.99 Å². The molecule has 1 fully saturated rings. The van der Waals surface area contributed by atoms with E-state index in [0.717, 1.165) is 17.4 Å². The molecule has 0 aromatic heterocycles. The van der Waals surface area contributed by atoms with Crippen LogP contribution in [-0.2, 0) is 0 Å². The first-order valence-corrected chi connectivity index (χ1v) is 7.39. The largest absolute Gasteiger partial charge is 0.507 e. The zero-order valence-corrected chi connectivity index (χ0v) is 12.2. The highest BCUT2D eigenvalue weighted by molar-refractivity contribution is 5.83. The van der Waals surface area contributed by atoms with Crippen LogP contribution in [0.3, 0.4) is 0 Å². The number of aliphatic imine (C=N–C) groups is 1. The molecule has 19 heavy (non-hydrogen) atoms. The minimum Gasteiger partial charge on any atom is -0.507 e. The molecule has 0 bridgehead atoms. The summed E-state index contributed by atoms with van der Waals surface area (Å²) in [5, 5.41) is 9.75. The molecule has 0 saturated heterocycles. The van der Waals surface area contributed by atoms with Crippen LogP contribution >= 0.6 is 0 Å². The zero-order valence-electron chi connectivity index (χ0n) is 12.2. The van der Waals surface area contributed by atoms with Crippen LogP contribution in [0.1, 0.15) is 45.6 Å². The molecule has 1 aliphatic carbocycles. The summed E-state index contributed by atoms with van der Waals surface area (Å²) in [7, 11) is 0. The Morgan fingerprint density at radius 2 is 2.00 bits per heavy atom. The van der Waals surface area contributed by atoms with E-state index in [-0.39, 0.29) is 0 Å². The van der Waals surface area contributed by atoms with E-state index in [1.807, 2.05) is 24.4 Å². The molecule has 0 spiro atoms. The summed E-state index contributed by atoms with van der Waals surface area (Å²) >= 11 is 0. The number of benzene rings is 1. The zero-order chi connectivity index (χ0) is 13.8. The van der Waals surface area contributed by atoms with Crippen LogP contribution < -0.4 is 0 Å². The normalized spacial score (nSPS) is 28.1. The van der Waals surface area contributed by atoms with Crippen LogP contribution in [0.2, 0.25) is 0 Å². The lowest BCUT2D eigenvalue weighted by Gasteiger charge is -2.34. The summed E-state index contributed by atoms with van der Waals surface area (Å²) in [4.78, 5) is 4.74. The van der Waals surface area contributed by atoms with E-state index in [2.05, 4.69) is 20.8 Å². The van der Waals surface area contributed by atoms with E-state index in [1.54, 1.807) is 6.07 Å². The van der Waals surface area contributed by atoms with Gasteiger partial charge in [0.25, 0.3) is 0 Å². The maximum absolute atomic E-state index is 9.75. The van der Waals surface area contributed by atoms with Crippen molar-refractivity contribution in [3.63, 3.8) is 0 Å². The molecule has 1 aliphatic rings. The van der Waals surface area contributed by atoms with Gasteiger partial charge in [-0.2, -0.15) is 0 Å². The minimum absolute atomic E-state index is 0.315. The summed E-state index contributed by atoms with van der Waals surface area (Å²) < 4.78 is 0. The second-order valence-electron chi connectivity index (χ2n) is 6.20. The fraction of sp³-hybridized carbons (Fsp3) is 0.588. The summed E-state index contributed by atoms with van der Waals surface area (Å²) in [6.45, 7) is 6.91. The maximum Gasteiger partial charge on any atom is 0.124 e. The molecule has 0 amide bonds. The second-order valence-corrected chi connectivity index (χ2v) is 6.20. The van der Waals surface area contributed by atoms with Crippen LogP contribution in [0.25, 0.3) is 0 Å². The highest BCUT2D eigenvalue weighted by atomic mass is 16.3. The van der Waals surface area contributed by atoms with Crippen molar-refractivity contribution in [1.82, 2.24) is 0 Å². The smallest absolute Gasteiger partial charge is 0.124 e. The van der Waals surface area contributed by atoms with Crippen molar-refractivity contribution in [3.05, 3.63) is 29.8 Å². The number of hydrogen-bond acceptors (Lipinski definition) is 2. The Bertz CT molecular complexity index is 439. The SMILES string of the molecule is CC(C)[C@@H]1CC[C@H](C)[C@H](N=Cc2ccccc2O)C1. The van der Waals surface area contributed by atoms with Crippen molar-refractivity contribution in [2.45, 2.75) is 46.1 Å². The molecule has 0 unspecified atom stereocenters. The van der Waals surface area contributed by atoms with Crippen molar-refractivity contribution in [1.29, 1.82) is 0 Å². The lowest BCUT2D eigenvalue weighted by Crippen LogP contribution is -2.28. The highest BCUT2D eigenvalue weighted by Gasteiger charge is 2.28. The molecule has 0 aliphatic heterocycles. The van der Waals surface area contributed by atoms with Crippen molar-refractivity contribution < 1.29 is 5.11 Å². The lowest BCUT2D eigenvalue weighted by atomic mass is 9.75. The van der Waals surface area contributed by atoms with Gasteiger partial charge in [-0.25, -0.2) is 0 Å². The average Bonchev–Trinajstić information content (AvgIpc) is 2.39. The van der Waals surface area contributed by atoms with Gasteiger partial charge in [0.2, 0.25) is 0 Å². The highest BCUT2D eigenvalue weighted by Crippen LogP contribution is 2.35. The number of phenols is 1. The van der Waals surface area contributed by atoms with E-state index in [0.29, 0.717) is 17.7 Å². The number of nitrogens with zero attached hydrogens (tertiary/aromatic N) is 1. The molecule has 1 aromatic rings. The van der Waals surface area contributed by atoms with Crippen LogP contribution in [0.5, 0.6) is 5.75 Å². The molecule has 1 N–H and O–H groups in total. The third kappa shape index (κ3) is 3.59. The molecular formula is C17H25NO.